The van der Waals surface area contributed by atoms with Crippen molar-refractivity contribution in [1.29, 1.82) is 0 Å². The van der Waals surface area contributed by atoms with E-state index in [2.05, 4.69) is 26.2 Å². The van der Waals surface area contributed by atoms with Crippen molar-refractivity contribution >= 4 is 28.0 Å². The predicted molar refractivity (Wildman–Crippen MR) is 88.3 cm³/mol. The molecule has 9 heteroatoms. The van der Waals surface area contributed by atoms with Gasteiger partial charge in [-0.15, -0.1) is 0 Å². The van der Waals surface area contributed by atoms with Gasteiger partial charge in [-0.25, -0.2) is 10.1 Å². The van der Waals surface area contributed by atoms with E-state index in [4.69, 9.17) is 9.15 Å². The van der Waals surface area contributed by atoms with E-state index in [9.17, 15) is 18.0 Å². The Morgan fingerprint density at radius 3 is 2.56 bits per heavy atom. The highest BCUT2D eigenvalue weighted by Crippen LogP contribution is 2.34. The summed E-state index contributed by atoms with van der Waals surface area (Å²) in [5.74, 6) is -0.392. The lowest BCUT2D eigenvalue weighted by Gasteiger charge is -2.18. The Hall–Kier alpha value is -2.03. The third kappa shape index (κ3) is 5.77. The molecule has 0 aliphatic carbocycles. The first-order chi connectivity index (χ1) is 11.4. The number of nitrogens with one attached hydrogen (secondary N) is 1. The number of hydrogen-bond donors (Lipinski definition) is 1. The first-order valence-electron chi connectivity index (χ1n) is 7.25. The standard InChI is InChI=1S/C16H16BrF3N2O3/c1-15(2,3)25-14(23)22-13-21-12(16(18,19)20)11(24-13)8-9-5-4-6-10(17)7-9/h4-7H,8H2,1-3H3,(H,21,22,23). The second-order valence-electron chi connectivity index (χ2n) is 6.22. The van der Waals surface area contributed by atoms with Crippen LogP contribution in [-0.2, 0) is 17.3 Å². The Bertz CT molecular complexity index is 767. The number of oxazole rings is 1. The highest BCUT2D eigenvalue weighted by Gasteiger charge is 2.39. The topological polar surface area (TPSA) is 64.4 Å². The van der Waals surface area contributed by atoms with E-state index in [1.165, 1.54) is 0 Å². The molecule has 0 atom stereocenters. The van der Waals surface area contributed by atoms with Crippen LogP contribution in [0.4, 0.5) is 24.0 Å². The van der Waals surface area contributed by atoms with Gasteiger partial charge in [0.25, 0.3) is 0 Å². The highest BCUT2D eigenvalue weighted by atomic mass is 79.9. The Labute approximate surface area is 150 Å². The van der Waals surface area contributed by atoms with Gasteiger partial charge in [0, 0.05) is 10.9 Å². The molecule has 0 spiro atoms. The molecule has 0 radical (unpaired) electrons. The van der Waals surface area contributed by atoms with Crippen molar-refractivity contribution in [2.45, 2.75) is 39.0 Å². The van der Waals surface area contributed by atoms with Crippen LogP contribution >= 0.6 is 15.9 Å². The second-order valence-corrected chi connectivity index (χ2v) is 7.14. The number of benzene rings is 1. The molecule has 0 saturated carbocycles. The predicted octanol–water partition coefficient (Wildman–Crippen LogP) is 5.39. The summed E-state index contributed by atoms with van der Waals surface area (Å²) in [4.78, 5) is 15.0. The van der Waals surface area contributed by atoms with E-state index in [-0.39, 0.29) is 6.42 Å². The molecule has 1 amide bonds. The van der Waals surface area contributed by atoms with E-state index in [1.807, 2.05) is 0 Å². The Kier molecular flexibility index (Phi) is 5.46. The summed E-state index contributed by atoms with van der Waals surface area (Å²) in [6.07, 6.45) is -5.79. The van der Waals surface area contributed by atoms with Crippen LogP contribution in [-0.4, -0.2) is 16.7 Å². The molecular formula is C16H16BrF3N2O3. The average Bonchev–Trinajstić information content (AvgIpc) is 2.78. The van der Waals surface area contributed by atoms with Gasteiger partial charge in [-0.05, 0) is 38.5 Å². The molecule has 2 rings (SSSR count). The van der Waals surface area contributed by atoms with Crippen LogP contribution in [0.2, 0.25) is 0 Å². The van der Waals surface area contributed by atoms with Gasteiger partial charge in [-0.3, -0.25) is 0 Å². The molecule has 1 aromatic heterocycles. The number of nitrogens with zero attached hydrogens (tertiary/aromatic N) is 1. The smallest absolute Gasteiger partial charge is 0.436 e. The number of alkyl halides is 3. The van der Waals surface area contributed by atoms with E-state index in [0.717, 1.165) is 4.47 Å². The maximum absolute atomic E-state index is 13.2. The number of rotatable bonds is 3. The number of aromatic nitrogens is 1. The fourth-order valence-corrected chi connectivity index (χ4v) is 2.42. The van der Waals surface area contributed by atoms with Crippen LogP contribution in [0.15, 0.2) is 33.2 Å². The highest BCUT2D eigenvalue weighted by molar-refractivity contribution is 9.10. The van der Waals surface area contributed by atoms with Crippen molar-refractivity contribution in [3.05, 3.63) is 45.8 Å². The summed E-state index contributed by atoms with van der Waals surface area (Å²) in [6, 6.07) is 6.22. The van der Waals surface area contributed by atoms with Crippen molar-refractivity contribution in [3.63, 3.8) is 0 Å². The number of carbonyl (C=O) groups is 1. The Morgan fingerprint density at radius 1 is 1.32 bits per heavy atom. The van der Waals surface area contributed by atoms with Crippen LogP contribution in [0, 0.1) is 0 Å². The largest absolute Gasteiger partial charge is 0.443 e. The van der Waals surface area contributed by atoms with E-state index in [0.29, 0.717) is 5.56 Å². The summed E-state index contributed by atoms with van der Waals surface area (Å²) in [7, 11) is 0. The molecule has 1 aromatic carbocycles. The van der Waals surface area contributed by atoms with Crippen LogP contribution in [0.25, 0.3) is 0 Å². The van der Waals surface area contributed by atoms with Crippen molar-refractivity contribution < 1.29 is 27.1 Å². The summed E-state index contributed by atoms with van der Waals surface area (Å²) in [5.41, 5.74) is -1.39. The normalized spacial score (nSPS) is 12.1. The van der Waals surface area contributed by atoms with Crippen LogP contribution in [0.3, 0.4) is 0 Å². The first-order valence-corrected chi connectivity index (χ1v) is 8.05. The van der Waals surface area contributed by atoms with Gasteiger partial charge in [-0.2, -0.15) is 18.2 Å². The number of amides is 1. The third-order valence-electron chi connectivity index (χ3n) is 2.83. The molecule has 0 fully saturated rings. The molecule has 1 N–H and O–H groups in total. The molecule has 1 heterocycles. The summed E-state index contributed by atoms with van der Waals surface area (Å²) in [5, 5.41) is 2.08. The molecule has 25 heavy (non-hydrogen) atoms. The van der Waals surface area contributed by atoms with Gasteiger partial charge in [0.15, 0.2) is 5.69 Å². The maximum Gasteiger partial charge on any atom is 0.436 e. The van der Waals surface area contributed by atoms with E-state index in [1.54, 1.807) is 45.0 Å². The van der Waals surface area contributed by atoms with Gasteiger partial charge in [0.1, 0.15) is 11.4 Å². The van der Waals surface area contributed by atoms with Gasteiger partial charge < -0.3 is 9.15 Å². The lowest BCUT2D eigenvalue weighted by atomic mass is 10.1. The van der Waals surface area contributed by atoms with Crippen molar-refractivity contribution in [2.75, 3.05) is 5.32 Å². The number of anilines is 1. The second kappa shape index (κ2) is 7.07. The average molecular weight is 421 g/mol. The summed E-state index contributed by atoms with van der Waals surface area (Å²) in [6.45, 7) is 4.88. The monoisotopic (exact) mass is 420 g/mol. The van der Waals surface area contributed by atoms with Crippen molar-refractivity contribution in [3.8, 4) is 0 Å². The van der Waals surface area contributed by atoms with Crippen LogP contribution < -0.4 is 5.32 Å². The fourth-order valence-electron chi connectivity index (χ4n) is 1.97. The van der Waals surface area contributed by atoms with Gasteiger partial charge >= 0.3 is 18.3 Å². The van der Waals surface area contributed by atoms with Gasteiger partial charge in [-0.1, -0.05) is 28.1 Å². The Balaban J connectivity index is 2.26. The molecule has 0 bridgehead atoms. The number of halogens is 4. The van der Waals surface area contributed by atoms with Crippen LogP contribution in [0.1, 0.15) is 37.8 Å². The molecule has 5 nitrogen and oxygen atoms in total. The minimum absolute atomic E-state index is 0.128. The first kappa shape index (κ1) is 19.3. The summed E-state index contributed by atoms with van der Waals surface area (Å²) < 4.78 is 50.3. The molecule has 0 saturated heterocycles. The van der Waals surface area contributed by atoms with Gasteiger partial charge in [0.05, 0.1) is 0 Å². The number of carbonyl (C=O) groups excluding carboxylic acids is 1. The zero-order chi connectivity index (χ0) is 18.8. The molecule has 0 aliphatic heterocycles. The van der Waals surface area contributed by atoms with Gasteiger partial charge in [0.2, 0.25) is 0 Å². The zero-order valence-electron chi connectivity index (χ0n) is 13.7. The van der Waals surface area contributed by atoms with Crippen molar-refractivity contribution in [1.82, 2.24) is 4.98 Å². The number of hydrogen-bond acceptors (Lipinski definition) is 4. The lowest BCUT2D eigenvalue weighted by molar-refractivity contribution is -0.141. The zero-order valence-corrected chi connectivity index (χ0v) is 15.3. The molecule has 0 unspecified atom stereocenters. The molecule has 0 aliphatic rings. The Morgan fingerprint density at radius 2 is 2.00 bits per heavy atom. The summed E-state index contributed by atoms with van der Waals surface area (Å²) >= 11 is 3.26. The van der Waals surface area contributed by atoms with Crippen LogP contribution in [0.5, 0.6) is 0 Å². The lowest BCUT2D eigenvalue weighted by Crippen LogP contribution is -2.27. The van der Waals surface area contributed by atoms with Crippen molar-refractivity contribution in [2.24, 2.45) is 0 Å². The molecular weight excluding hydrogens is 405 g/mol. The minimum Gasteiger partial charge on any atom is -0.443 e. The quantitative estimate of drug-likeness (QED) is 0.722. The maximum atomic E-state index is 13.2. The SMILES string of the molecule is CC(C)(C)OC(=O)Nc1nc(C(F)(F)F)c(Cc2cccc(Br)c2)o1. The molecule has 136 valence electrons. The number of ether oxygens (including phenoxy) is 1. The third-order valence-corrected chi connectivity index (χ3v) is 3.32. The molecule has 2 aromatic rings. The van der Waals surface area contributed by atoms with E-state index >= 15 is 0 Å². The fraction of sp³-hybridized carbons (Fsp3) is 0.375. The van der Waals surface area contributed by atoms with E-state index < -0.39 is 35.3 Å². The minimum atomic E-state index is -4.71.